The molecule has 0 amide bonds. The van der Waals surface area contributed by atoms with Gasteiger partial charge in [0.2, 0.25) is 0 Å². The van der Waals surface area contributed by atoms with Crippen LogP contribution in [0, 0.1) is 10.1 Å². The number of nitro benzene ring substituents is 1. The average Bonchev–Trinajstić information content (AvgIpc) is 2.98. The number of non-ortho nitro benzene ring substituents is 1. The van der Waals surface area contributed by atoms with Gasteiger partial charge in [0.1, 0.15) is 9.88 Å². The normalized spacial score (nSPS) is 11.2. The maximum absolute atomic E-state index is 12.0. The van der Waals surface area contributed by atoms with Gasteiger partial charge in [0.25, 0.3) is 5.69 Å². The monoisotopic (exact) mass is 346 g/mol. The Kier molecular flexibility index (Phi) is 5.81. The van der Waals surface area contributed by atoms with Crippen molar-refractivity contribution in [3.63, 3.8) is 0 Å². The second-order valence-electron chi connectivity index (χ2n) is 5.33. The molecule has 0 aliphatic carbocycles. The second-order valence-corrected chi connectivity index (χ2v) is 6.36. The maximum Gasteiger partial charge on any atom is 0.350 e. The van der Waals surface area contributed by atoms with Crippen molar-refractivity contribution in [2.75, 3.05) is 6.61 Å². The zero-order valence-corrected chi connectivity index (χ0v) is 14.5. The van der Waals surface area contributed by atoms with E-state index in [0.717, 1.165) is 0 Å². The van der Waals surface area contributed by atoms with Crippen LogP contribution in [0.5, 0.6) is 0 Å². The molecule has 6 nitrogen and oxygen atoms in total. The first-order valence-electron chi connectivity index (χ1n) is 7.52. The van der Waals surface area contributed by atoms with Gasteiger partial charge in [0.05, 0.1) is 17.2 Å². The van der Waals surface area contributed by atoms with Gasteiger partial charge in [0, 0.05) is 12.1 Å². The fraction of sp³-hybridized carbons (Fsp3) is 0.294. The van der Waals surface area contributed by atoms with Gasteiger partial charge in [-0.15, -0.1) is 11.3 Å². The fourth-order valence-electron chi connectivity index (χ4n) is 2.06. The van der Waals surface area contributed by atoms with Crippen molar-refractivity contribution in [3.05, 3.63) is 55.5 Å². The Morgan fingerprint density at radius 1 is 1.42 bits per heavy atom. The minimum absolute atomic E-state index is 0.0337. The third-order valence-corrected chi connectivity index (χ3v) is 4.19. The molecule has 0 N–H and O–H groups in total. The summed E-state index contributed by atoms with van der Waals surface area (Å²) in [6.45, 7) is 6.00. The first-order valence-corrected chi connectivity index (χ1v) is 8.34. The van der Waals surface area contributed by atoms with Crippen molar-refractivity contribution >= 4 is 35.1 Å². The predicted octanol–water partition coefficient (Wildman–Crippen LogP) is 4.52. The molecule has 2 aromatic rings. The number of hydrogen-bond donors (Lipinski definition) is 0. The summed E-state index contributed by atoms with van der Waals surface area (Å²) in [4.78, 5) is 27.4. The van der Waals surface area contributed by atoms with Gasteiger partial charge in [-0.05, 0) is 24.5 Å². The van der Waals surface area contributed by atoms with E-state index in [2.05, 4.69) is 4.98 Å². The van der Waals surface area contributed by atoms with E-state index in [0.29, 0.717) is 27.7 Å². The molecule has 1 aromatic heterocycles. The number of benzene rings is 1. The molecular formula is C17H18N2O4S. The Hall–Kier alpha value is -2.54. The van der Waals surface area contributed by atoms with E-state index in [9.17, 15) is 14.9 Å². The van der Waals surface area contributed by atoms with Crippen LogP contribution in [0.1, 0.15) is 52.6 Å². The lowest BCUT2D eigenvalue weighted by molar-refractivity contribution is -0.384. The number of hydrogen-bond acceptors (Lipinski definition) is 6. The fourth-order valence-corrected chi connectivity index (χ4v) is 3.08. The highest BCUT2D eigenvalue weighted by molar-refractivity contribution is 7.14. The van der Waals surface area contributed by atoms with E-state index in [-0.39, 0.29) is 17.6 Å². The molecule has 7 heteroatoms. The first kappa shape index (κ1) is 17.8. The lowest BCUT2D eigenvalue weighted by Gasteiger charge is -2.03. The summed E-state index contributed by atoms with van der Waals surface area (Å²) in [6.07, 6.45) is 3.49. The van der Waals surface area contributed by atoms with Crippen LogP contribution in [0.4, 0.5) is 5.69 Å². The summed E-state index contributed by atoms with van der Waals surface area (Å²) in [5, 5.41) is 11.5. The van der Waals surface area contributed by atoms with E-state index in [4.69, 9.17) is 4.74 Å². The Labute approximate surface area is 144 Å². The highest BCUT2D eigenvalue weighted by Gasteiger charge is 2.20. The minimum atomic E-state index is -0.434. The van der Waals surface area contributed by atoms with Crippen molar-refractivity contribution in [2.24, 2.45) is 0 Å². The number of nitro groups is 1. The molecule has 0 unspecified atom stereocenters. The molecule has 0 radical (unpaired) electrons. The van der Waals surface area contributed by atoms with Crippen LogP contribution in [-0.4, -0.2) is 22.5 Å². The third-order valence-electron chi connectivity index (χ3n) is 3.18. The van der Waals surface area contributed by atoms with Gasteiger partial charge in [-0.1, -0.05) is 32.1 Å². The van der Waals surface area contributed by atoms with Crippen LogP contribution in [0.3, 0.4) is 0 Å². The van der Waals surface area contributed by atoms with Crippen LogP contribution in [0.15, 0.2) is 24.3 Å². The minimum Gasteiger partial charge on any atom is -0.462 e. The van der Waals surface area contributed by atoms with E-state index < -0.39 is 4.92 Å². The summed E-state index contributed by atoms with van der Waals surface area (Å²) >= 11 is 1.26. The largest absolute Gasteiger partial charge is 0.462 e. The maximum atomic E-state index is 12.0. The zero-order valence-electron chi connectivity index (χ0n) is 13.7. The van der Waals surface area contributed by atoms with Crippen molar-refractivity contribution in [2.45, 2.75) is 26.7 Å². The number of ether oxygens (including phenoxy) is 1. The Bertz CT molecular complexity index is 781. The Morgan fingerprint density at radius 2 is 2.17 bits per heavy atom. The molecule has 1 heterocycles. The highest BCUT2D eigenvalue weighted by atomic mass is 32.1. The molecule has 2 rings (SSSR count). The van der Waals surface area contributed by atoms with Gasteiger partial charge in [0.15, 0.2) is 0 Å². The summed E-state index contributed by atoms with van der Waals surface area (Å²) < 4.78 is 5.07. The molecule has 0 saturated carbocycles. The molecule has 0 atom stereocenters. The molecule has 0 aliphatic heterocycles. The summed E-state index contributed by atoms with van der Waals surface area (Å²) in [7, 11) is 0. The molecule has 1 aromatic carbocycles. The molecule has 0 fully saturated rings. The molecule has 0 aliphatic rings. The van der Waals surface area contributed by atoms with Crippen molar-refractivity contribution in [1.82, 2.24) is 4.98 Å². The number of thiazole rings is 1. The topological polar surface area (TPSA) is 82.3 Å². The van der Waals surface area contributed by atoms with Gasteiger partial charge in [-0.25, -0.2) is 9.78 Å². The van der Waals surface area contributed by atoms with Crippen molar-refractivity contribution in [3.8, 4) is 0 Å². The number of esters is 1. The van der Waals surface area contributed by atoms with Gasteiger partial charge < -0.3 is 4.74 Å². The number of carbonyl (C=O) groups is 1. The first-order chi connectivity index (χ1) is 11.4. The number of carbonyl (C=O) groups excluding carboxylic acids is 1. The van der Waals surface area contributed by atoms with Crippen LogP contribution < -0.4 is 0 Å². The van der Waals surface area contributed by atoms with Crippen molar-refractivity contribution < 1.29 is 14.5 Å². The molecule has 126 valence electrons. The third kappa shape index (κ3) is 4.26. The van der Waals surface area contributed by atoms with Crippen LogP contribution >= 0.6 is 11.3 Å². The molecule has 24 heavy (non-hydrogen) atoms. The highest BCUT2D eigenvalue weighted by Crippen LogP contribution is 2.27. The zero-order chi connectivity index (χ0) is 17.7. The second kappa shape index (κ2) is 7.83. The lowest BCUT2D eigenvalue weighted by Crippen LogP contribution is -2.06. The standard InChI is InChI=1S/C17H18N2O4S/c1-4-23-17(20)16-15(11(2)3)18-14(24-16)9-8-12-6-5-7-13(10-12)19(21)22/h5-11H,4H2,1-3H3. The van der Waals surface area contributed by atoms with Crippen LogP contribution in [0.25, 0.3) is 12.2 Å². The number of rotatable bonds is 6. The molecule has 0 saturated heterocycles. The van der Waals surface area contributed by atoms with Crippen molar-refractivity contribution in [1.29, 1.82) is 0 Å². The van der Waals surface area contributed by atoms with E-state index in [1.54, 1.807) is 31.2 Å². The summed E-state index contributed by atoms with van der Waals surface area (Å²) in [5.41, 5.74) is 1.44. The summed E-state index contributed by atoms with van der Waals surface area (Å²) in [5.74, 6) is -0.269. The molecule has 0 bridgehead atoms. The van der Waals surface area contributed by atoms with Crippen LogP contribution in [0.2, 0.25) is 0 Å². The Morgan fingerprint density at radius 3 is 2.79 bits per heavy atom. The quantitative estimate of drug-likeness (QED) is 0.436. The molecule has 0 spiro atoms. The summed E-state index contributed by atoms with van der Waals surface area (Å²) in [6, 6.07) is 6.33. The average molecular weight is 346 g/mol. The number of nitrogens with zero attached hydrogens (tertiary/aromatic N) is 2. The molecular weight excluding hydrogens is 328 g/mol. The smallest absolute Gasteiger partial charge is 0.350 e. The lowest BCUT2D eigenvalue weighted by atomic mass is 10.1. The SMILES string of the molecule is CCOC(=O)c1sc(C=Cc2cccc([N+](=O)[O-])c2)nc1C(C)C. The van der Waals surface area contributed by atoms with E-state index in [1.807, 2.05) is 13.8 Å². The van der Waals surface area contributed by atoms with Gasteiger partial charge in [-0.3, -0.25) is 10.1 Å². The van der Waals surface area contributed by atoms with Gasteiger partial charge in [-0.2, -0.15) is 0 Å². The van der Waals surface area contributed by atoms with E-state index in [1.165, 1.54) is 23.5 Å². The number of aromatic nitrogens is 1. The van der Waals surface area contributed by atoms with Crippen LogP contribution in [-0.2, 0) is 4.74 Å². The predicted molar refractivity (Wildman–Crippen MR) is 94.2 cm³/mol. The van der Waals surface area contributed by atoms with E-state index >= 15 is 0 Å². The Balaban J connectivity index is 2.29. The van der Waals surface area contributed by atoms with Gasteiger partial charge >= 0.3 is 5.97 Å².